The van der Waals surface area contributed by atoms with E-state index in [0.29, 0.717) is 30.6 Å². The normalized spacial score (nSPS) is 11.5. The number of carbonyl (C=O) groups is 4. The average molecular weight is 553 g/mol. The minimum absolute atomic E-state index is 0.0198. The first kappa shape index (κ1) is 32.5. The van der Waals surface area contributed by atoms with Gasteiger partial charge in [-0.3, -0.25) is 24.4 Å². The highest BCUT2D eigenvalue weighted by Crippen LogP contribution is 2.24. The molecule has 0 saturated heterocycles. The molecular weight excluding hydrogens is 508 g/mol. The molecule has 4 amide bonds. The highest BCUT2D eigenvalue weighted by molar-refractivity contribution is 5.98. The van der Waals surface area contributed by atoms with Crippen LogP contribution < -0.4 is 16.1 Å². The Morgan fingerprint density at radius 1 is 0.625 bits per heavy atom. The molecule has 0 radical (unpaired) electrons. The lowest BCUT2D eigenvalue weighted by atomic mass is 9.87. The summed E-state index contributed by atoms with van der Waals surface area (Å²) in [5.41, 5.74) is 5.02. The molecule has 0 heterocycles. The zero-order chi connectivity index (χ0) is 29.9. The summed E-state index contributed by atoms with van der Waals surface area (Å²) in [7, 11) is 0. The van der Waals surface area contributed by atoms with Gasteiger partial charge in [-0.1, -0.05) is 72.2 Å². The van der Waals surface area contributed by atoms with Crippen molar-refractivity contribution in [1.29, 1.82) is 0 Å². The third kappa shape index (κ3) is 11.2. The molecule has 9 nitrogen and oxygen atoms in total. The van der Waals surface area contributed by atoms with Gasteiger partial charge in [-0.15, -0.1) is 0 Å². The summed E-state index contributed by atoms with van der Waals surface area (Å²) >= 11 is 0. The maximum atomic E-state index is 13.0. The number of rotatable bonds is 12. The lowest BCUT2D eigenvalue weighted by Crippen LogP contribution is -2.42. The largest absolute Gasteiger partial charge is 0.325 e. The molecule has 0 saturated carbocycles. The molecule has 4 N–H and O–H groups in total. The summed E-state index contributed by atoms with van der Waals surface area (Å²) in [4.78, 5) is 51.2. The molecule has 40 heavy (non-hydrogen) atoms. The number of nitrogens with zero attached hydrogens (tertiary/aromatic N) is 1. The Labute approximate surface area is 237 Å². The third-order valence-corrected chi connectivity index (χ3v) is 6.51. The molecule has 2 aromatic carbocycles. The van der Waals surface area contributed by atoms with Crippen molar-refractivity contribution < 1.29 is 24.4 Å². The molecular formula is C31H44N4O5. The van der Waals surface area contributed by atoms with Gasteiger partial charge in [0.1, 0.15) is 13.1 Å². The van der Waals surface area contributed by atoms with Gasteiger partial charge in [-0.05, 0) is 59.1 Å². The van der Waals surface area contributed by atoms with Crippen LogP contribution in [-0.2, 0) is 30.0 Å². The van der Waals surface area contributed by atoms with Crippen molar-refractivity contribution in [2.24, 2.45) is 0 Å². The first-order valence-electron chi connectivity index (χ1n) is 13.7. The second-order valence-electron chi connectivity index (χ2n) is 12.1. The molecule has 0 bridgehead atoms. The topological polar surface area (TPSA) is 128 Å². The molecule has 0 aromatic heterocycles. The van der Waals surface area contributed by atoms with Crippen molar-refractivity contribution in [2.75, 3.05) is 23.7 Å². The number of nitrogens with one attached hydrogen (secondary N) is 3. The fourth-order valence-electron chi connectivity index (χ4n) is 4.04. The Kier molecular flexibility index (Phi) is 11.9. The van der Waals surface area contributed by atoms with E-state index in [9.17, 15) is 19.2 Å². The van der Waals surface area contributed by atoms with E-state index in [4.69, 9.17) is 5.21 Å². The maximum Gasteiger partial charge on any atom is 0.244 e. The van der Waals surface area contributed by atoms with Gasteiger partial charge >= 0.3 is 0 Å². The average Bonchev–Trinajstić information content (AvgIpc) is 2.87. The van der Waals surface area contributed by atoms with E-state index in [-0.39, 0.29) is 42.7 Å². The van der Waals surface area contributed by atoms with E-state index in [2.05, 4.69) is 52.2 Å². The Bertz CT molecular complexity index is 1070. The quantitative estimate of drug-likeness (QED) is 0.165. The number of hydroxylamine groups is 1. The summed E-state index contributed by atoms with van der Waals surface area (Å²) in [6.45, 7) is 12.1. The standard InChI is InChI=1S/C31H44N4O5/c1-30(2,3)22-12-16-24(17-13-22)32-27(37)20-35(29(39)11-9-7-8-10-26(36)34-40)21-28(38)33-25-18-14-23(15-19-25)31(4,5)6/h12-19,40H,7-11,20-21H2,1-6H3,(H,32,37)(H,33,38)(H,34,36). The van der Waals surface area contributed by atoms with Gasteiger partial charge in [0, 0.05) is 24.2 Å². The van der Waals surface area contributed by atoms with Crippen molar-refractivity contribution in [3.8, 4) is 0 Å². The van der Waals surface area contributed by atoms with Crippen molar-refractivity contribution in [1.82, 2.24) is 10.4 Å². The van der Waals surface area contributed by atoms with Gasteiger partial charge in [-0.25, -0.2) is 5.48 Å². The molecule has 0 unspecified atom stereocenters. The molecule has 2 aromatic rings. The van der Waals surface area contributed by atoms with E-state index in [1.165, 1.54) is 4.90 Å². The van der Waals surface area contributed by atoms with Crippen molar-refractivity contribution >= 4 is 35.0 Å². The summed E-state index contributed by atoms with van der Waals surface area (Å²) in [6.07, 6.45) is 1.87. The Hall–Kier alpha value is -3.72. The summed E-state index contributed by atoms with van der Waals surface area (Å²) in [5, 5.41) is 14.2. The Morgan fingerprint density at radius 3 is 1.40 bits per heavy atom. The second-order valence-corrected chi connectivity index (χ2v) is 12.1. The first-order chi connectivity index (χ1) is 18.7. The van der Waals surface area contributed by atoms with Crippen LogP contribution in [0.4, 0.5) is 11.4 Å². The van der Waals surface area contributed by atoms with Gasteiger partial charge < -0.3 is 15.5 Å². The highest BCUT2D eigenvalue weighted by atomic mass is 16.5. The lowest BCUT2D eigenvalue weighted by Gasteiger charge is -2.23. The van der Waals surface area contributed by atoms with Crippen molar-refractivity contribution in [3.63, 3.8) is 0 Å². The number of carbonyl (C=O) groups excluding carboxylic acids is 4. The van der Waals surface area contributed by atoms with E-state index >= 15 is 0 Å². The van der Waals surface area contributed by atoms with Crippen LogP contribution in [0.15, 0.2) is 48.5 Å². The van der Waals surface area contributed by atoms with Crippen LogP contribution in [0, 0.1) is 0 Å². The van der Waals surface area contributed by atoms with Gasteiger partial charge in [0.25, 0.3) is 0 Å². The summed E-state index contributed by atoms with van der Waals surface area (Å²) in [6, 6.07) is 15.1. The molecule has 0 aliphatic carbocycles. The Morgan fingerprint density at radius 2 is 1.02 bits per heavy atom. The van der Waals surface area contributed by atoms with Gasteiger partial charge in [0.15, 0.2) is 0 Å². The van der Waals surface area contributed by atoms with Gasteiger partial charge in [0.2, 0.25) is 23.6 Å². The maximum absolute atomic E-state index is 13.0. The molecule has 0 atom stereocenters. The number of anilines is 2. The third-order valence-electron chi connectivity index (χ3n) is 6.51. The first-order valence-corrected chi connectivity index (χ1v) is 13.7. The summed E-state index contributed by atoms with van der Waals surface area (Å²) < 4.78 is 0. The van der Waals surface area contributed by atoms with E-state index in [1.807, 2.05) is 48.5 Å². The molecule has 0 aliphatic rings. The minimum Gasteiger partial charge on any atom is -0.325 e. The van der Waals surface area contributed by atoms with E-state index < -0.39 is 17.7 Å². The number of hydrogen-bond acceptors (Lipinski definition) is 5. The minimum atomic E-state index is -0.479. The SMILES string of the molecule is CC(C)(C)c1ccc(NC(=O)CN(CC(=O)Nc2ccc(C(C)(C)C)cc2)C(=O)CCCCCC(=O)NO)cc1. The van der Waals surface area contributed by atoms with Crippen molar-refractivity contribution in [3.05, 3.63) is 59.7 Å². The molecule has 0 spiro atoms. The number of unbranched alkanes of at least 4 members (excludes halogenated alkanes) is 2. The second kappa shape index (κ2) is 14.6. The number of hydrogen-bond donors (Lipinski definition) is 4. The monoisotopic (exact) mass is 552 g/mol. The fraction of sp³-hybridized carbons (Fsp3) is 0.484. The summed E-state index contributed by atoms with van der Waals surface area (Å²) in [5.74, 6) is -1.62. The van der Waals surface area contributed by atoms with Gasteiger partial charge in [0.05, 0.1) is 0 Å². The number of amides is 4. The van der Waals surface area contributed by atoms with Crippen LogP contribution >= 0.6 is 0 Å². The van der Waals surface area contributed by atoms with Crippen LogP contribution in [0.3, 0.4) is 0 Å². The molecule has 218 valence electrons. The predicted octanol–water partition coefficient (Wildman–Crippen LogP) is 5.14. The van der Waals surface area contributed by atoms with Crippen molar-refractivity contribution in [2.45, 2.75) is 84.5 Å². The van der Waals surface area contributed by atoms with Gasteiger partial charge in [-0.2, -0.15) is 0 Å². The van der Waals surface area contributed by atoms with Crippen LogP contribution in [0.25, 0.3) is 0 Å². The fourth-order valence-corrected chi connectivity index (χ4v) is 4.04. The molecule has 9 heteroatoms. The smallest absolute Gasteiger partial charge is 0.244 e. The van der Waals surface area contributed by atoms with Crippen LogP contribution in [0.2, 0.25) is 0 Å². The zero-order valence-corrected chi connectivity index (χ0v) is 24.6. The van der Waals surface area contributed by atoms with Crippen LogP contribution in [-0.4, -0.2) is 46.8 Å². The van der Waals surface area contributed by atoms with E-state index in [0.717, 1.165) is 11.1 Å². The lowest BCUT2D eigenvalue weighted by molar-refractivity contribution is -0.137. The van der Waals surface area contributed by atoms with E-state index in [1.54, 1.807) is 5.48 Å². The Balaban J connectivity index is 2.04. The molecule has 0 fully saturated rings. The highest BCUT2D eigenvalue weighted by Gasteiger charge is 2.21. The van der Waals surface area contributed by atoms with Crippen LogP contribution in [0.1, 0.15) is 84.8 Å². The van der Waals surface area contributed by atoms with Crippen LogP contribution in [0.5, 0.6) is 0 Å². The number of benzene rings is 2. The molecule has 0 aliphatic heterocycles. The predicted molar refractivity (Wildman–Crippen MR) is 157 cm³/mol. The molecule has 2 rings (SSSR count). The zero-order valence-electron chi connectivity index (χ0n) is 24.6.